The average Bonchev–Trinajstić information content (AvgIpc) is 3.22. The van der Waals surface area contributed by atoms with Crippen LogP contribution in [0.4, 0.5) is 0 Å². The van der Waals surface area contributed by atoms with Crippen molar-refractivity contribution in [3.05, 3.63) is 87.0 Å². The van der Waals surface area contributed by atoms with Crippen LogP contribution < -0.4 is 19.1 Å². The van der Waals surface area contributed by atoms with Crippen molar-refractivity contribution in [1.82, 2.24) is 4.98 Å². The molecule has 0 unspecified atom stereocenters. The molecule has 0 saturated heterocycles. The number of aromatic nitrogens is 1. The predicted molar refractivity (Wildman–Crippen MR) is 144 cm³/mol. The highest BCUT2D eigenvalue weighted by Gasteiger charge is 2.10. The van der Waals surface area contributed by atoms with Crippen molar-refractivity contribution in [2.45, 2.75) is 32.6 Å². The Bertz CT molecular complexity index is 1330. The van der Waals surface area contributed by atoms with Crippen molar-refractivity contribution in [2.24, 2.45) is 0 Å². The summed E-state index contributed by atoms with van der Waals surface area (Å²) in [6.45, 7) is 3.26. The second-order valence-corrected chi connectivity index (χ2v) is 9.62. The topological polar surface area (TPSA) is 80.8 Å². The zero-order chi connectivity index (χ0) is 25.3. The molecule has 1 heterocycles. The molecule has 1 aromatic heterocycles. The zero-order valence-corrected chi connectivity index (χ0v) is 21.5. The SMILES string of the molecule is CCCc1cc(Oc2ccc(Cl)cc2)ccc1OCCCCOc1cccc(-c2sc(=O)[nH]c2O)c1. The summed E-state index contributed by atoms with van der Waals surface area (Å²) in [5.74, 6) is 2.95. The van der Waals surface area contributed by atoms with E-state index in [2.05, 4.69) is 11.9 Å². The summed E-state index contributed by atoms with van der Waals surface area (Å²) in [7, 11) is 0. The van der Waals surface area contributed by atoms with Crippen molar-refractivity contribution < 1.29 is 19.3 Å². The van der Waals surface area contributed by atoms with Crippen LogP contribution in [0.5, 0.6) is 28.9 Å². The summed E-state index contributed by atoms with van der Waals surface area (Å²) in [4.78, 5) is 14.1. The van der Waals surface area contributed by atoms with E-state index < -0.39 is 0 Å². The van der Waals surface area contributed by atoms with Gasteiger partial charge in [-0.3, -0.25) is 9.78 Å². The Labute approximate surface area is 219 Å². The lowest BCUT2D eigenvalue weighted by Gasteiger charge is -2.14. The van der Waals surface area contributed by atoms with Crippen LogP contribution in [0.25, 0.3) is 10.4 Å². The minimum Gasteiger partial charge on any atom is -0.494 e. The number of benzene rings is 3. The molecule has 0 bridgehead atoms. The minimum absolute atomic E-state index is 0.119. The molecule has 8 heteroatoms. The fraction of sp³-hybridized carbons (Fsp3) is 0.250. The number of thiazole rings is 1. The van der Waals surface area contributed by atoms with Crippen LogP contribution in [0.1, 0.15) is 31.7 Å². The van der Waals surface area contributed by atoms with Crippen LogP contribution in [0.15, 0.2) is 71.5 Å². The molecule has 2 N–H and O–H groups in total. The van der Waals surface area contributed by atoms with Gasteiger partial charge in [-0.05, 0) is 79.4 Å². The molecule has 3 aromatic carbocycles. The van der Waals surface area contributed by atoms with E-state index in [1.807, 2.05) is 54.6 Å². The van der Waals surface area contributed by atoms with Gasteiger partial charge in [-0.1, -0.05) is 48.4 Å². The second kappa shape index (κ2) is 12.5. The number of nitrogens with one attached hydrogen (secondary N) is 1. The van der Waals surface area contributed by atoms with Gasteiger partial charge in [0.05, 0.1) is 18.1 Å². The first kappa shape index (κ1) is 25.7. The standard InChI is InChI=1S/C28H28ClNO5S/c1-2-6-19-17-24(35-22-11-9-21(29)10-12-22)13-14-25(19)34-16-4-3-15-33-23-8-5-7-20(18-23)26-27(31)30-28(32)36-26/h5,7-14,17-18,31H,2-4,6,15-16H2,1H3,(H,30,32). The van der Waals surface area contributed by atoms with Gasteiger partial charge in [-0.2, -0.15) is 0 Å². The number of aryl methyl sites for hydroxylation is 1. The fourth-order valence-electron chi connectivity index (χ4n) is 3.68. The number of aromatic amines is 1. The first-order chi connectivity index (χ1) is 17.5. The zero-order valence-electron chi connectivity index (χ0n) is 20.0. The van der Waals surface area contributed by atoms with Gasteiger partial charge in [0.15, 0.2) is 0 Å². The maximum atomic E-state index is 11.5. The molecule has 6 nitrogen and oxygen atoms in total. The van der Waals surface area contributed by atoms with Crippen LogP contribution in [0, 0.1) is 0 Å². The number of rotatable bonds is 12. The summed E-state index contributed by atoms with van der Waals surface area (Å²) >= 11 is 6.92. The van der Waals surface area contributed by atoms with Crippen LogP contribution >= 0.6 is 22.9 Å². The highest BCUT2D eigenvalue weighted by Crippen LogP contribution is 2.32. The van der Waals surface area contributed by atoms with Gasteiger partial charge in [0.25, 0.3) is 0 Å². The Morgan fingerprint density at radius 2 is 1.67 bits per heavy atom. The monoisotopic (exact) mass is 525 g/mol. The van der Waals surface area contributed by atoms with Crippen LogP contribution in [-0.4, -0.2) is 23.3 Å². The van der Waals surface area contributed by atoms with Crippen molar-refractivity contribution >= 4 is 22.9 Å². The van der Waals surface area contributed by atoms with Crippen LogP contribution in [0.2, 0.25) is 5.02 Å². The number of hydrogen-bond acceptors (Lipinski definition) is 6. The normalized spacial score (nSPS) is 10.8. The van der Waals surface area contributed by atoms with Gasteiger partial charge in [0.2, 0.25) is 5.88 Å². The van der Waals surface area contributed by atoms with E-state index in [4.69, 9.17) is 25.8 Å². The lowest BCUT2D eigenvalue weighted by molar-refractivity contribution is 0.265. The molecule has 0 spiro atoms. The highest BCUT2D eigenvalue weighted by atomic mass is 35.5. The number of ether oxygens (including phenoxy) is 3. The lowest BCUT2D eigenvalue weighted by atomic mass is 10.1. The minimum atomic E-state index is -0.292. The molecule has 188 valence electrons. The maximum Gasteiger partial charge on any atom is 0.307 e. The summed E-state index contributed by atoms with van der Waals surface area (Å²) < 4.78 is 17.9. The summed E-state index contributed by atoms with van der Waals surface area (Å²) in [6.07, 6.45) is 3.57. The van der Waals surface area contributed by atoms with Crippen molar-refractivity contribution in [3.63, 3.8) is 0 Å². The number of unbranched alkanes of at least 4 members (excludes halogenated alkanes) is 1. The Morgan fingerprint density at radius 3 is 2.39 bits per heavy atom. The lowest BCUT2D eigenvalue weighted by Crippen LogP contribution is -2.04. The third-order valence-electron chi connectivity index (χ3n) is 5.39. The molecule has 4 rings (SSSR count). The van der Waals surface area contributed by atoms with E-state index >= 15 is 0 Å². The Kier molecular flexibility index (Phi) is 8.92. The van der Waals surface area contributed by atoms with Gasteiger partial charge >= 0.3 is 4.87 Å². The van der Waals surface area contributed by atoms with E-state index in [1.165, 1.54) is 0 Å². The van der Waals surface area contributed by atoms with Gasteiger partial charge in [-0.25, -0.2) is 0 Å². The maximum absolute atomic E-state index is 11.5. The number of halogens is 1. The van der Waals surface area contributed by atoms with Crippen molar-refractivity contribution in [1.29, 1.82) is 0 Å². The molecule has 0 amide bonds. The predicted octanol–water partition coefficient (Wildman–Crippen LogP) is 7.45. The highest BCUT2D eigenvalue weighted by molar-refractivity contribution is 7.13. The summed E-state index contributed by atoms with van der Waals surface area (Å²) in [6, 6.07) is 20.6. The molecule has 0 saturated carbocycles. The molecular formula is C28H28ClNO5S. The third kappa shape index (κ3) is 7.06. The van der Waals surface area contributed by atoms with E-state index in [-0.39, 0.29) is 10.8 Å². The quantitative estimate of drug-likeness (QED) is 0.188. The average molecular weight is 526 g/mol. The molecule has 4 aromatic rings. The third-order valence-corrected chi connectivity index (χ3v) is 6.56. The second-order valence-electron chi connectivity index (χ2n) is 8.20. The number of H-pyrrole nitrogens is 1. The Morgan fingerprint density at radius 1 is 0.917 bits per heavy atom. The first-order valence-electron chi connectivity index (χ1n) is 11.9. The van der Waals surface area contributed by atoms with E-state index in [9.17, 15) is 9.90 Å². The van der Waals surface area contributed by atoms with Gasteiger partial charge in [-0.15, -0.1) is 0 Å². The molecule has 0 radical (unpaired) electrons. The molecule has 36 heavy (non-hydrogen) atoms. The molecule has 0 atom stereocenters. The Balaban J connectivity index is 1.25. The smallest absolute Gasteiger partial charge is 0.307 e. The number of hydrogen-bond donors (Lipinski definition) is 2. The first-order valence-corrected chi connectivity index (χ1v) is 13.1. The summed E-state index contributed by atoms with van der Waals surface area (Å²) in [5.41, 5.74) is 1.86. The van der Waals surface area contributed by atoms with Crippen molar-refractivity contribution in [2.75, 3.05) is 13.2 Å². The van der Waals surface area contributed by atoms with Gasteiger partial charge in [0.1, 0.15) is 23.0 Å². The number of aromatic hydroxyl groups is 1. The van der Waals surface area contributed by atoms with Gasteiger partial charge < -0.3 is 19.3 Å². The van der Waals surface area contributed by atoms with Gasteiger partial charge in [0, 0.05) is 10.6 Å². The molecule has 0 fully saturated rings. The largest absolute Gasteiger partial charge is 0.494 e. The van der Waals surface area contributed by atoms with E-state index in [1.54, 1.807) is 12.1 Å². The van der Waals surface area contributed by atoms with E-state index in [0.29, 0.717) is 28.9 Å². The van der Waals surface area contributed by atoms with Crippen molar-refractivity contribution in [3.8, 4) is 39.3 Å². The summed E-state index contributed by atoms with van der Waals surface area (Å²) in [5, 5.41) is 10.5. The van der Waals surface area contributed by atoms with E-state index in [0.717, 1.165) is 65.4 Å². The molecule has 0 aliphatic heterocycles. The van der Waals surface area contributed by atoms with Crippen LogP contribution in [-0.2, 0) is 6.42 Å². The molecular weight excluding hydrogens is 498 g/mol. The fourth-order valence-corrected chi connectivity index (χ4v) is 4.53. The molecule has 0 aliphatic rings. The molecule has 0 aliphatic carbocycles. The Hall–Kier alpha value is -3.42. The van der Waals surface area contributed by atoms with Crippen LogP contribution in [0.3, 0.4) is 0 Å².